The van der Waals surface area contributed by atoms with Gasteiger partial charge in [-0.25, -0.2) is 0 Å². The summed E-state index contributed by atoms with van der Waals surface area (Å²) in [5, 5.41) is 43.0. The van der Waals surface area contributed by atoms with Gasteiger partial charge in [-0.2, -0.15) is 0 Å². The van der Waals surface area contributed by atoms with Crippen molar-refractivity contribution in [2.45, 2.75) is 26.4 Å². The fourth-order valence-corrected chi connectivity index (χ4v) is 3.11. The Bertz CT molecular complexity index is 882. The van der Waals surface area contributed by atoms with Crippen LogP contribution in [0.5, 0.6) is 17.2 Å². The minimum absolute atomic E-state index is 0.0468. The van der Waals surface area contributed by atoms with E-state index in [0.717, 1.165) is 5.56 Å². The third-order valence-electron chi connectivity index (χ3n) is 4.11. The molecular weight excluding hydrogens is 280 g/mol. The van der Waals surface area contributed by atoms with E-state index >= 15 is 0 Å². The van der Waals surface area contributed by atoms with Crippen LogP contribution >= 0.6 is 0 Å². The minimum atomic E-state index is -0.848. The van der Waals surface area contributed by atoms with Gasteiger partial charge in [-0.15, -0.1) is 0 Å². The Hall–Kier alpha value is -2.46. The number of aryl methyl sites for hydroxylation is 1. The van der Waals surface area contributed by atoms with Gasteiger partial charge >= 0.3 is 0 Å². The predicted octanol–water partition coefficient (Wildman–Crippen LogP) is 3.73. The highest BCUT2D eigenvalue weighted by molar-refractivity contribution is 6.10. The lowest BCUT2D eigenvalue weighted by molar-refractivity contribution is 0.194. The Morgan fingerprint density at radius 3 is 2.32 bits per heavy atom. The Kier molecular flexibility index (Phi) is 3.34. The lowest BCUT2D eigenvalue weighted by Crippen LogP contribution is -1.99. The smallest absolute Gasteiger partial charge is 0.138 e. The summed E-state index contributed by atoms with van der Waals surface area (Å²) in [6.45, 7) is 3.52. The number of benzene rings is 3. The number of aliphatic hydroxyl groups excluding tert-OH is 1. The topological polar surface area (TPSA) is 80.9 Å². The van der Waals surface area contributed by atoms with Crippen molar-refractivity contribution in [2.24, 2.45) is 0 Å². The number of rotatable bonds is 2. The molecule has 4 N–H and O–H groups in total. The lowest BCUT2D eigenvalue weighted by atomic mass is 9.92. The van der Waals surface area contributed by atoms with Crippen LogP contribution in [0, 0.1) is 0 Å². The molecule has 0 bridgehead atoms. The largest absolute Gasteiger partial charge is 0.507 e. The zero-order chi connectivity index (χ0) is 16.0. The number of phenolic OH excluding ortho intramolecular Hbond substituents is 3. The van der Waals surface area contributed by atoms with Crippen molar-refractivity contribution in [1.82, 2.24) is 0 Å². The monoisotopic (exact) mass is 298 g/mol. The highest BCUT2D eigenvalue weighted by atomic mass is 16.3. The van der Waals surface area contributed by atoms with Gasteiger partial charge in [-0.05, 0) is 41.8 Å². The van der Waals surface area contributed by atoms with Crippen molar-refractivity contribution in [3.8, 4) is 17.2 Å². The molecule has 1 atom stereocenters. The molecule has 22 heavy (non-hydrogen) atoms. The standard InChI is InChI=1S/C18H18O4/c1-3-10-7-12-8-11-5-4-6-13(20)15(11)18(22)16(12)17(21)14(10)9(2)19/h4-9,19-22H,3H2,1-2H3. The number of hydrogen-bond acceptors (Lipinski definition) is 4. The number of aliphatic hydroxyl groups is 1. The first-order valence-corrected chi connectivity index (χ1v) is 7.25. The first kappa shape index (κ1) is 14.5. The zero-order valence-corrected chi connectivity index (χ0v) is 12.5. The maximum absolute atomic E-state index is 10.6. The molecule has 4 nitrogen and oxygen atoms in total. The van der Waals surface area contributed by atoms with E-state index in [1.165, 1.54) is 6.07 Å². The van der Waals surface area contributed by atoms with Gasteiger partial charge in [0.05, 0.1) is 16.9 Å². The van der Waals surface area contributed by atoms with E-state index in [9.17, 15) is 20.4 Å². The van der Waals surface area contributed by atoms with Gasteiger partial charge in [0.15, 0.2) is 0 Å². The van der Waals surface area contributed by atoms with Crippen LogP contribution in [0.4, 0.5) is 0 Å². The molecule has 0 aliphatic rings. The highest BCUT2D eigenvalue weighted by Gasteiger charge is 2.20. The van der Waals surface area contributed by atoms with Gasteiger partial charge in [-0.3, -0.25) is 0 Å². The summed E-state index contributed by atoms with van der Waals surface area (Å²) in [5.74, 6) is -0.353. The zero-order valence-electron chi connectivity index (χ0n) is 12.5. The minimum Gasteiger partial charge on any atom is -0.507 e. The van der Waals surface area contributed by atoms with Gasteiger partial charge in [0, 0.05) is 5.56 Å². The maximum Gasteiger partial charge on any atom is 0.138 e. The maximum atomic E-state index is 10.6. The van der Waals surface area contributed by atoms with Crippen LogP contribution in [0.15, 0.2) is 30.3 Å². The second-order valence-corrected chi connectivity index (χ2v) is 5.53. The van der Waals surface area contributed by atoms with E-state index in [2.05, 4.69) is 0 Å². The molecule has 0 amide bonds. The van der Waals surface area contributed by atoms with Gasteiger partial charge in [0.1, 0.15) is 17.2 Å². The molecular formula is C18H18O4. The molecule has 0 fully saturated rings. The van der Waals surface area contributed by atoms with E-state index in [4.69, 9.17) is 0 Å². The summed E-state index contributed by atoms with van der Waals surface area (Å²) in [5.41, 5.74) is 1.25. The third kappa shape index (κ3) is 1.96. The van der Waals surface area contributed by atoms with E-state index in [1.807, 2.05) is 19.1 Å². The number of phenols is 3. The number of hydrogen-bond donors (Lipinski definition) is 4. The molecule has 1 unspecified atom stereocenters. The molecule has 0 radical (unpaired) electrons. The van der Waals surface area contributed by atoms with Gasteiger partial charge in [0.2, 0.25) is 0 Å². The quantitative estimate of drug-likeness (QED) is 0.543. The van der Waals surface area contributed by atoms with Gasteiger partial charge < -0.3 is 20.4 Å². The Morgan fingerprint density at radius 1 is 0.955 bits per heavy atom. The van der Waals surface area contributed by atoms with E-state index in [0.29, 0.717) is 28.1 Å². The van der Waals surface area contributed by atoms with Crippen molar-refractivity contribution in [3.05, 3.63) is 41.5 Å². The molecule has 0 saturated heterocycles. The molecule has 0 aliphatic heterocycles. The summed E-state index contributed by atoms with van der Waals surface area (Å²) in [6.07, 6.45) is -0.193. The number of aromatic hydroxyl groups is 3. The van der Waals surface area contributed by atoms with Crippen LogP contribution < -0.4 is 0 Å². The molecule has 3 rings (SSSR count). The van der Waals surface area contributed by atoms with Crippen LogP contribution in [0.3, 0.4) is 0 Å². The summed E-state index contributed by atoms with van der Waals surface area (Å²) in [7, 11) is 0. The van der Waals surface area contributed by atoms with Crippen molar-refractivity contribution in [3.63, 3.8) is 0 Å². The molecule has 0 aliphatic carbocycles. The number of fused-ring (bicyclic) bond motifs is 2. The van der Waals surface area contributed by atoms with Crippen molar-refractivity contribution >= 4 is 21.5 Å². The molecule has 0 saturated carbocycles. The summed E-state index contributed by atoms with van der Waals surface area (Å²) in [6, 6.07) is 8.66. The van der Waals surface area contributed by atoms with Crippen LogP contribution in [0.25, 0.3) is 21.5 Å². The second kappa shape index (κ2) is 5.07. The third-order valence-corrected chi connectivity index (χ3v) is 4.11. The fraction of sp³-hybridized carbons (Fsp3) is 0.222. The average Bonchev–Trinajstić information content (AvgIpc) is 2.45. The molecule has 3 aromatic rings. The lowest BCUT2D eigenvalue weighted by Gasteiger charge is -2.17. The van der Waals surface area contributed by atoms with Crippen LogP contribution in [-0.4, -0.2) is 20.4 Å². The highest BCUT2D eigenvalue weighted by Crippen LogP contribution is 2.45. The van der Waals surface area contributed by atoms with Crippen LogP contribution in [0.2, 0.25) is 0 Å². The molecule has 114 valence electrons. The normalized spacial score (nSPS) is 12.9. The average molecular weight is 298 g/mol. The SMILES string of the molecule is CCc1cc2cc3cccc(O)c3c(O)c2c(O)c1C(C)O. The summed E-state index contributed by atoms with van der Waals surface area (Å²) >= 11 is 0. The summed E-state index contributed by atoms with van der Waals surface area (Å²) < 4.78 is 0. The predicted molar refractivity (Wildman–Crippen MR) is 86.5 cm³/mol. The van der Waals surface area contributed by atoms with Crippen molar-refractivity contribution in [2.75, 3.05) is 0 Å². The molecule has 0 heterocycles. The van der Waals surface area contributed by atoms with E-state index in [1.54, 1.807) is 19.1 Å². The molecule has 0 spiro atoms. The fourth-order valence-electron chi connectivity index (χ4n) is 3.11. The molecule has 4 heteroatoms. The van der Waals surface area contributed by atoms with Crippen molar-refractivity contribution in [1.29, 1.82) is 0 Å². The van der Waals surface area contributed by atoms with E-state index < -0.39 is 6.10 Å². The van der Waals surface area contributed by atoms with Gasteiger partial charge in [0.25, 0.3) is 0 Å². The Balaban J connectivity index is 2.55. The Morgan fingerprint density at radius 2 is 1.68 bits per heavy atom. The first-order valence-electron chi connectivity index (χ1n) is 7.25. The van der Waals surface area contributed by atoms with Crippen molar-refractivity contribution < 1.29 is 20.4 Å². The summed E-state index contributed by atoms with van der Waals surface area (Å²) in [4.78, 5) is 0. The van der Waals surface area contributed by atoms with E-state index in [-0.39, 0.29) is 22.6 Å². The van der Waals surface area contributed by atoms with Crippen LogP contribution in [-0.2, 0) is 6.42 Å². The molecule has 3 aromatic carbocycles. The first-order chi connectivity index (χ1) is 10.5. The van der Waals surface area contributed by atoms with Gasteiger partial charge in [-0.1, -0.05) is 25.1 Å². The second-order valence-electron chi connectivity index (χ2n) is 5.53. The molecule has 0 aromatic heterocycles. The Labute approximate surface area is 127 Å². The van der Waals surface area contributed by atoms with Crippen LogP contribution in [0.1, 0.15) is 31.1 Å².